The highest BCUT2D eigenvalue weighted by Gasteiger charge is 2.35. The lowest BCUT2D eigenvalue weighted by Crippen LogP contribution is -2.40. The van der Waals surface area contributed by atoms with E-state index in [9.17, 15) is 9.59 Å². The summed E-state index contributed by atoms with van der Waals surface area (Å²) in [5.41, 5.74) is 2.69. The number of ether oxygens (including phenoxy) is 4. The van der Waals surface area contributed by atoms with Crippen LogP contribution in [0.25, 0.3) is 0 Å². The molecule has 2 rings (SSSR count). The number of esters is 1. The van der Waals surface area contributed by atoms with Gasteiger partial charge in [0.15, 0.2) is 0 Å². The molecule has 7 atom stereocenters. The van der Waals surface area contributed by atoms with Crippen LogP contribution in [0.5, 0.6) is 5.75 Å². The molecule has 224 valence electrons. The Morgan fingerprint density at radius 1 is 1.00 bits per heavy atom. The Balaban J connectivity index is 2.59. The van der Waals surface area contributed by atoms with Gasteiger partial charge in [-0.3, -0.25) is 9.59 Å². The Morgan fingerprint density at radius 2 is 1.65 bits per heavy atom. The van der Waals surface area contributed by atoms with Gasteiger partial charge in [0.1, 0.15) is 16.9 Å². The summed E-state index contributed by atoms with van der Waals surface area (Å²) in [6, 6.07) is 3.85. The van der Waals surface area contributed by atoms with E-state index >= 15 is 0 Å². The maximum absolute atomic E-state index is 13.5. The van der Waals surface area contributed by atoms with Crippen LogP contribution in [-0.2, 0) is 30.2 Å². The first kappa shape index (κ1) is 33.9. The highest BCUT2D eigenvalue weighted by molar-refractivity contribution is 6.35. The third kappa shape index (κ3) is 8.82. The fourth-order valence-corrected chi connectivity index (χ4v) is 5.82. The first-order valence-electron chi connectivity index (χ1n) is 14.0. The van der Waals surface area contributed by atoms with Gasteiger partial charge in [-0.05, 0) is 61.1 Å². The van der Waals surface area contributed by atoms with Crippen LogP contribution in [0.3, 0.4) is 0 Å². The lowest BCUT2D eigenvalue weighted by molar-refractivity contribution is -0.152. The van der Waals surface area contributed by atoms with E-state index < -0.39 is 0 Å². The summed E-state index contributed by atoms with van der Waals surface area (Å²) < 4.78 is 23.1. The number of rotatable bonds is 4. The van der Waals surface area contributed by atoms with Gasteiger partial charge in [0.2, 0.25) is 5.91 Å². The van der Waals surface area contributed by atoms with Gasteiger partial charge in [-0.2, -0.15) is 0 Å². The van der Waals surface area contributed by atoms with Crippen LogP contribution in [0.15, 0.2) is 35.9 Å². The molecule has 2 unspecified atom stereocenters. The van der Waals surface area contributed by atoms with Crippen molar-refractivity contribution in [1.29, 1.82) is 0 Å². The number of nitrogens with zero attached hydrogens (tertiary/aromatic N) is 1. The largest absolute Gasteiger partial charge is 0.495 e. The van der Waals surface area contributed by atoms with E-state index in [1.165, 1.54) is 6.92 Å². The summed E-state index contributed by atoms with van der Waals surface area (Å²) in [5.74, 6) is 0.327. The topological polar surface area (TPSA) is 74.3 Å². The van der Waals surface area contributed by atoms with E-state index in [1.807, 2.05) is 24.3 Å². The minimum Gasteiger partial charge on any atom is -0.495 e. The lowest BCUT2D eigenvalue weighted by atomic mass is 9.76. The second-order valence-electron chi connectivity index (χ2n) is 11.3. The van der Waals surface area contributed by atoms with E-state index in [0.717, 1.165) is 11.1 Å². The zero-order chi connectivity index (χ0) is 30.1. The molecule has 0 saturated carbocycles. The number of allylic oxidation sites excluding steroid dienone is 3. The molecule has 0 spiro atoms. The van der Waals surface area contributed by atoms with Crippen LogP contribution in [0.1, 0.15) is 59.9 Å². The van der Waals surface area contributed by atoms with E-state index in [1.54, 1.807) is 33.3 Å². The quantitative estimate of drug-likeness (QED) is 0.373. The molecule has 40 heavy (non-hydrogen) atoms. The van der Waals surface area contributed by atoms with Gasteiger partial charge >= 0.3 is 5.97 Å². The van der Waals surface area contributed by atoms with Crippen molar-refractivity contribution >= 4 is 29.2 Å². The predicted octanol–water partition coefficient (Wildman–Crippen LogP) is 6.66. The Labute approximate surface area is 245 Å². The van der Waals surface area contributed by atoms with E-state index in [2.05, 4.69) is 40.7 Å². The van der Waals surface area contributed by atoms with Crippen LogP contribution in [0.4, 0.5) is 5.69 Å². The number of amides is 1. The van der Waals surface area contributed by atoms with Crippen LogP contribution in [-0.4, -0.2) is 58.6 Å². The van der Waals surface area contributed by atoms with Gasteiger partial charge in [-0.25, -0.2) is 0 Å². The van der Waals surface area contributed by atoms with E-state index in [4.69, 9.17) is 30.5 Å². The highest BCUT2D eigenvalue weighted by Crippen LogP contribution is 2.38. The minimum absolute atomic E-state index is 0.00843. The third-order valence-corrected chi connectivity index (χ3v) is 8.84. The van der Waals surface area contributed by atoms with Gasteiger partial charge in [-0.1, -0.05) is 63.1 Å². The van der Waals surface area contributed by atoms with Gasteiger partial charge in [-0.15, -0.1) is 0 Å². The normalized spacial score (nSPS) is 31.3. The number of anilines is 1. The molecule has 7 nitrogen and oxygen atoms in total. The van der Waals surface area contributed by atoms with Crippen LogP contribution in [0.2, 0.25) is 5.02 Å². The second kappa shape index (κ2) is 15.6. The molecule has 1 aliphatic heterocycles. The number of halogens is 1. The van der Waals surface area contributed by atoms with Crippen LogP contribution in [0, 0.1) is 23.7 Å². The van der Waals surface area contributed by atoms with E-state index in [-0.39, 0.29) is 60.3 Å². The molecule has 2 bridgehead atoms. The SMILES string of the molecule is COc1cc2cc(c1Cl)N(C)C(=O)C[C@H](OC)C(C)C(C)[C@H](C)[C@@H](OC(C)=O)C[C@@H](C)[C@H](OC)/C=C/C=C(\C)C2. The number of hydrogen-bond donors (Lipinski definition) is 0. The Hall–Kier alpha value is -2.35. The van der Waals surface area contributed by atoms with Crippen molar-refractivity contribution in [2.45, 2.75) is 79.1 Å². The minimum atomic E-state index is -0.339. The van der Waals surface area contributed by atoms with Crippen molar-refractivity contribution < 1.29 is 28.5 Å². The molecule has 1 aromatic carbocycles. The molecule has 1 aliphatic rings. The maximum Gasteiger partial charge on any atom is 0.302 e. The standard InChI is InChI=1S/C32H48ClNO6/c1-19-12-11-13-27(37-8)20(2)15-29(40-24(6)35)23(5)21(3)22(4)28(38-9)18-31(36)34(7)26-16-25(14-19)17-30(39-10)32(26)33/h11-13,16-17,20-23,27-29H,14-15,18H2,1-10H3/b13-11+,19-12+/t20-,21?,22?,23+,27-,28+,29+/m1/s1. The Kier molecular flexibility index (Phi) is 13.2. The van der Waals surface area contributed by atoms with Crippen molar-refractivity contribution in [2.75, 3.05) is 33.3 Å². The molecule has 1 amide bonds. The van der Waals surface area contributed by atoms with Crippen molar-refractivity contribution in [3.63, 3.8) is 0 Å². The fraction of sp³-hybridized carbons (Fsp3) is 0.625. The smallest absolute Gasteiger partial charge is 0.302 e. The average Bonchev–Trinajstić information content (AvgIpc) is 2.91. The maximum atomic E-state index is 13.5. The molecule has 0 saturated heterocycles. The summed E-state index contributed by atoms with van der Waals surface area (Å²) in [7, 11) is 6.63. The number of carbonyl (C=O) groups is 2. The molecule has 0 radical (unpaired) electrons. The molecule has 0 fully saturated rings. The van der Waals surface area contributed by atoms with Crippen LogP contribution >= 0.6 is 11.6 Å². The number of benzene rings is 1. The summed E-state index contributed by atoms with van der Waals surface area (Å²) in [4.78, 5) is 27.2. The molecule has 1 heterocycles. The third-order valence-electron chi connectivity index (χ3n) is 8.46. The molecular weight excluding hydrogens is 530 g/mol. The van der Waals surface area contributed by atoms with Gasteiger partial charge in [0.25, 0.3) is 0 Å². The molecular formula is C32H48ClNO6. The zero-order valence-electron chi connectivity index (χ0n) is 25.8. The summed E-state index contributed by atoms with van der Waals surface area (Å²) in [6.45, 7) is 11.9. The number of fused-ring (bicyclic) bond motifs is 2. The monoisotopic (exact) mass is 577 g/mol. The van der Waals surface area contributed by atoms with Crippen molar-refractivity contribution in [3.05, 3.63) is 46.5 Å². The van der Waals surface area contributed by atoms with Gasteiger partial charge in [0, 0.05) is 28.2 Å². The van der Waals surface area contributed by atoms with Crippen molar-refractivity contribution in [1.82, 2.24) is 0 Å². The summed E-state index contributed by atoms with van der Waals surface area (Å²) in [6.07, 6.45) is 6.80. The lowest BCUT2D eigenvalue weighted by Gasteiger charge is -2.37. The molecule has 0 aliphatic carbocycles. The second-order valence-corrected chi connectivity index (χ2v) is 11.7. The Bertz CT molecular complexity index is 1070. The molecule has 0 N–H and O–H groups in total. The molecule has 0 aromatic heterocycles. The number of carbonyl (C=O) groups excluding carboxylic acids is 2. The fourth-order valence-electron chi connectivity index (χ4n) is 5.51. The van der Waals surface area contributed by atoms with Crippen molar-refractivity contribution in [2.24, 2.45) is 23.7 Å². The molecule has 1 aromatic rings. The Morgan fingerprint density at radius 3 is 2.23 bits per heavy atom. The van der Waals surface area contributed by atoms with Gasteiger partial charge in [0.05, 0.1) is 31.4 Å². The predicted molar refractivity (Wildman–Crippen MR) is 161 cm³/mol. The summed E-state index contributed by atoms with van der Waals surface area (Å²) in [5, 5.41) is 0.389. The average molecular weight is 578 g/mol. The summed E-state index contributed by atoms with van der Waals surface area (Å²) >= 11 is 6.68. The number of methoxy groups -OCH3 is 3. The zero-order valence-corrected chi connectivity index (χ0v) is 26.6. The molecule has 8 heteroatoms. The van der Waals surface area contributed by atoms with E-state index in [0.29, 0.717) is 29.3 Å². The first-order valence-corrected chi connectivity index (χ1v) is 14.4. The number of hydrogen-bond acceptors (Lipinski definition) is 6. The first-order chi connectivity index (χ1) is 18.8. The highest BCUT2D eigenvalue weighted by atomic mass is 35.5. The van der Waals surface area contributed by atoms with Gasteiger partial charge < -0.3 is 23.8 Å². The van der Waals surface area contributed by atoms with Crippen molar-refractivity contribution in [3.8, 4) is 5.75 Å². The van der Waals surface area contributed by atoms with Crippen LogP contribution < -0.4 is 9.64 Å².